The van der Waals surface area contributed by atoms with Crippen LogP contribution in [0, 0.1) is 0 Å². The molecule has 5 rings (SSSR count). The van der Waals surface area contributed by atoms with Crippen LogP contribution in [-0.2, 0) is 24.4 Å². The number of fused-ring (bicyclic) bond motifs is 3. The maximum atomic E-state index is 13.5. The third-order valence-corrected chi connectivity index (χ3v) is 6.44. The van der Waals surface area contributed by atoms with Gasteiger partial charge >= 0.3 is 12.1 Å². The van der Waals surface area contributed by atoms with Crippen LogP contribution in [0.25, 0.3) is 33.7 Å². The molecule has 0 saturated heterocycles. The summed E-state index contributed by atoms with van der Waals surface area (Å²) in [6, 6.07) is 9.00. The fourth-order valence-corrected chi connectivity index (χ4v) is 5.01. The van der Waals surface area contributed by atoms with Gasteiger partial charge in [-0.05, 0) is 68.7 Å². The Morgan fingerprint density at radius 2 is 2.00 bits per heavy atom. The number of aliphatic carboxylic acids is 1. The van der Waals surface area contributed by atoms with E-state index in [9.17, 15) is 23.1 Å². The van der Waals surface area contributed by atoms with Gasteiger partial charge in [0.05, 0.1) is 18.1 Å². The molecular formula is C26H24F3N3O4. The molecule has 0 saturated carbocycles. The molecule has 2 aromatic carbocycles. The number of carboxylic acid groups (broad SMARTS) is 1. The van der Waals surface area contributed by atoms with Gasteiger partial charge in [0.15, 0.2) is 0 Å². The van der Waals surface area contributed by atoms with Crippen molar-refractivity contribution in [3.63, 3.8) is 0 Å². The molecule has 1 unspecified atom stereocenters. The summed E-state index contributed by atoms with van der Waals surface area (Å²) < 4.78 is 53.3. The molecule has 1 aliphatic carbocycles. The standard InChI is InChI=1S/C26H24F3N3O4/c1-13(2)35-18-9-16(8-17(12-18)26(27,28)29)25-30-24(31-36-25)15-5-7-21-20(10-15)19-6-4-14(11-22(33)34)23(19)32(21)3/h5,7-10,12-14H,4,6,11H2,1-3H3,(H,33,34). The van der Waals surface area contributed by atoms with Crippen LogP contribution < -0.4 is 4.74 Å². The number of hydrogen-bond acceptors (Lipinski definition) is 5. The minimum Gasteiger partial charge on any atom is -0.491 e. The maximum Gasteiger partial charge on any atom is 0.416 e. The van der Waals surface area contributed by atoms with E-state index >= 15 is 0 Å². The molecule has 0 fully saturated rings. The zero-order chi connectivity index (χ0) is 25.8. The van der Waals surface area contributed by atoms with Crippen LogP contribution in [-0.4, -0.2) is 31.9 Å². The second-order valence-electron chi connectivity index (χ2n) is 9.32. The molecule has 10 heteroatoms. The van der Waals surface area contributed by atoms with E-state index in [-0.39, 0.29) is 41.5 Å². The molecule has 4 aromatic rings. The number of nitrogens with zero attached hydrogens (tertiary/aromatic N) is 3. The monoisotopic (exact) mass is 499 g/mol. The lowest BCUT2D eigenvalue weighted by Gasteiger charge is -2.14. The van der Waals surface area contributed by atoms with Crippen LogP contribution in [0.1, 0.15) is 49.4 Å². The quantitative estimate of drug-likeness (QED) is 0.339. The number of carbonyl (C=O) groups is 1. The lowest BCUT2D eigenvalue weighted by molar-refractivity contribution is -0.138. The summed E-state index contributed by atoms with van der Waals surface area (Å²) in [5.74, 6) is -0.613. The molecular weight excluding hydrogens is 475 g/mol. The lowest BCUT2D eigenvalue weighted by Crippen LogP contribution is -2.09. The minimum absolute atomic E-state index is 0.0432. The number of carboxylic acids is 1. The number of halogens is 3. The predicted molar refractivity (Wildman–Crippen MR) is 126 cm³/mol. The van der Waals surface area contributed by atoms with Gasteiger partial charge in [0.2, 0.25) is 5.82 Å². The predicted octanol–water partition coefficient (Wildman–Crippen LogP) is 6.21. The number of ether oxygens (including phenoxy) is 1. The van der Waals surface area contributed by atoms with Crippen molar-refractivity contribution < 1.29 is 32.3 Å². The van der Waals surface area contributed by atoms with Gasteiger partial charge in [0, 0.05) is 40.7 Å². The molecule has 0 spiro atoms. The largest absolute Gasteiger partial charge is 0.491 e. The van der Waals surface area contributed by atoms with Crippen LogP contribution in [0.3, 0.4) is 0 Å². The first kappa shape index (κ1) is 23.9. The molecule has 0 aliphatic heterocycles. The number of aryl methyl sites for hydroxylation is 2. The SMILES string of the molecule is CC(C)Oc1cc(-c2nc(-c3ccc4c(c3)c3c(n4C)C(CC(=O)O)CC3)no2)cc(C(F)(F)F)c1. The average molecular weight is 499 g/mol. The Balaban J connectivity index is 1.53. The highest BCUT2D eigenvalue weighted by Crippen LogP contribution is 2.42. The van der Waals surface area contributed by atoms with Crippen LogP contribution in [0.2, 0.25) is 0 Å². The minimum atomic E-state index is -4.56. The topological polar surface area (TPSA) is 90.4 Å². The Labute approximate surface area is 204 Å². The van der Waals surface area contributed by atoms with Gasteiger partial charge in [-0.2, -0.15) is 18.2 Å². The van der Waals surface area contributed by atoms with E-state index in [1.807, 2.05) is 29.8 Å². The molecule has 1 aliphatic rings. The van der Waals surface area contributed by atoms with Crippen molar-refractivity contribution in [1.29, 1.82) is 0 Å². The molecule has 2 heterocycles. The molecule has 0 bridgehead atoms. The van der Waals surface area contributed by atoms with Gasteiger partial charge in [0.25, 0.3) is 5.89 Å². The summed E-state index contributed by atoms with van der Waals surface area (Å²) in [6.07, 6.45) is -3.25. The van der Waals surface area contributed by atoms with Crippen molar-refractivity contribution in [2.24, 2.45) is 7.05 Å². The fourth-order valence-electron chi connectivity index (χ4n) is 5.01. The number of rotatable bonds is 6. The van der Waals surface area contributed by atoms with Crippen molar-refractivity contribution in [3.05, 3.63) is 53.2 Å². The van der Waals surface area contributed by atoms with Crippen LogP contribution in [0.4, 0.5) is 13.2 Å². The van der Waals surface area contributed by atoms with Crippen molar-refractivity contribution in [2.45, 2.75) is 51.3 Å². The zero-order valence-electron chi connectivity index (χ0n) is 19.9. The highest BCUT2D eigenvalue weighted by molar-refractivity contribution is 5.90. The second-order valence-corrected chi connectivity index (χ2v) is 9.32. The number of hydrogen-bond donors (Lipinski definition) is 1. The Morgan fingerprint density at radius 1 is 1.22 bits per heavy atom. The third kappa shape index (κ3) is 4.31. The van der Waals surface area contributed by atoms with E-state index in [4.69, 9.17) is 9.26 Å². The summed E-state index contributed by atoms with van der Waals surface area (Å²) in [5.41, 5.74) is 3.00. The molecule has 0 amide bonds. The molecule has 1 atom stereocenters. The average Bonchev–Trinajstić information content (AvgIpc) is 3.50. The smallest absolute Gasteiger partial charge is 0.416 e. The molecule has 7 nitrogen and oxygen atoms in total. The van der Waals surface area contributed by atoms with Crippen LogP contribution >= 0.6 is 0 Å². The summed E-state index contributed by atoms with van der Waals surface area (Å²) >= 11 is 0. The van der Waals surface area contributed by atoms with E-state index in [1.165, 1.54) is 6.07 Å². The summed E-state index contributed by atoms with van der Waals surface area (Å²) in [4.78, 5) is 15.7. The van der Waals surface area contributed by atoms with Crippen LogP contribution in [0.15, 0.2) is 40.9 Å². The zero-order valence-corrected chi connectivity index (χ0v) is 19.9. The van der Waals surface area contributed by atoms with Gasteiger partial charge in [-0.1, -0.05) is 5.16 Å². The first-order valence-corrected chi connectivity index (χ1v) is 11.6. The van der Waals surface area contributed by atoms with Gasteiger partial charge in [0.1, 0.15) is 5.75 Å². The van der Waals surface area contributed by atoms with E-state index < -0.39 is 17.7 Å². The Kier molecular flexibility index (Phi) is 5.77. The summed E-state index contributed by atoms with van der Waals surface area (Å²) in [7, 11) is 1.93. The Hall–Kier alpha value is -3.82. The lowest BCUT2D eigenvalue weighted by atomic mass is 10.0. The van der Waals surface area contributed by atoms with Gasteiger partial charge in [-0.15, -0.1) is 0 Å². The highest BCUT2D eigenvalue weighted by atomic mass is 19.4. The van der Waals surface area contributed by atoms with E-state index in [2.05, 4.69) is 10.1 Å². The van der Waals surface area contributed by atoms with Crippen molar-refractivity contribution in [2.75, 3.05) is 0 Å². The first-order chi connectivity index (χ1) is 17.0. The van der Waals surface area contributed by atoms with Crippen molar-refractivity contribution in [3.8, 4) is 28.6 Å². The molecule has 36 heavy (non-hydrogen) atoms. The number of benzene rings is 2. The summed E-state index contributed by atoms with van der Waals surface area (Å²) in [5, 5.41) is 14.3. The number of alkyl halides is 3. The fraction of sp³-hybridized carbons (Fsp3) is 0.346. The van der Waals surface area contributed by atoms with Crippen LogP contribution in [0.5, 0.6) is 5.75 Å². The molecule has 1 N–H and O–H groups in total. The van der Waals surface area contributed by atoms with E-state index in [0.717, 1.165) is 47.1 Å². The second kappa shape index (κ2) is 8.69. The Morgan fingerprint density at radius 3 is 2.69 bits per heavy atom. The van der Waals surface area contributed by atoms with Crippen molar-refractivity contribution in [1.82, 2.24) is 14.7 Å². The Bertz CT molecular complexity index is 1470. The first-order valence-electron chi connectivity index (χ1n) is 11.6. The van der Waals surface area contributed by atoms with Gasteiger partial charge < -0.3 is 18.9 Å². The van der Waals surface area contributed by atoms with E-state index in [0.29, 0.717) is 5.56 Å². The van der Waals surface area contributed by atoms with Crippen molar-refractivity contribution >= 4 is 16.9 Å². The molecule has 188 valence electrons. The normalized spacial score (nSPS) is 15.6. The number of aromatic nitrogens is 3. The maximum absolute atomic E-state index is 13.5. The molecule has 2 aromatic heterocycles. The van der Waals surface area contributed by atoms with E-state index in [1.54, 1.807) is 13.8 Å². The molecule has 0 radical (unpaired) electrons. The van der Waals surface area contributed by atoms with Gasteiger partial charge in [-0.25, -0.2) is 0 Å². The van der Waals surface area contributed by atoms with Gasteiger partial charge in [-0.3, -0.25) is 4.79 Å². The summed E-state index contributed by atoms with van der Waals surface area (Å²) in [6.45, 7) is 3.45. The third-order valence-electron chi connectivity index (χ3n) is 6.44. The highest BCUT2D eigenvalue weighted by Gasteiger charge is 2.33.